The van der Waals surface area contributed by atoms with Gasteiger partial charge < -0.3 is 9.97 Å². The molecule has 0 fully saturated rings. The van der Waals surface area contributed by atoms with Crippen LogP contribution in [0.15, 0.2) is 65.6 Å². The molecular formula is C17H12N2O. The van der Waals surface area contributed by atoms with E-state index >= 15 is 0 Å². The summed E-state index contributed by atoms with van der Waals surface area (Å²) in [5.74, 6) is 0. The van der Waals surface area contributed by atoms with E-state index < -0.39 is 0 Å². The molecule has 4 rings (SSSR count). The third kappa shape index (κ3) is 1.57. The van der Waals surface area contributed by atoms with Crippen LogP contribution in [-0.4, -0.2) is 9.97 Å². The van der Waals surface area contributed by atoms with Gasteiger partial charge in [-0.2, -0.15) is 0 Å². The average Bonchev–Trinajstić information content (AvgIpc) is 2.97. The summed E-state index contributed by atoms with van der Waals surface area (Å²) in [7, 11) is 0. The zero-order valence-electron chi connectivity index (χ0n) is 10.7. The summed E-state index contributed by atoms with van der Waals surface area (Å²) in [6.45, 7) is 0. The highest BCUT2D eigenvalue weighted by atomic mass is 16.1. The van der Waals surface area contributed by atoms with Crippen molar-refractivity contribution in [1.29, 1.82) is 0 Å². The zero-order chi connectivity index (χ0) is 13.5. The molecule has 20 heavy (non-hydrogen) atoms. The molecule has 0 saturated carbocycles. The number of rotatable bonds is 1. The highest BCUT2D eigenvalue weighted by Crippen LogP contribution is 2.24. The summed E-state index contributed by atoms with van der Waals surface area (Å²) < 4.78 is 0. The largest absolute Gasteiger partial charge is 0.361 e. The summed E-state index contributed by atoms with van der Waals surface area (Å²) in [6, 6.07) is 17.3. The molecule has 0 aliphatic heterocycles. The van der Waals surface area contributed by atoms with Gasteiger partial charge in [-0.25, -0.2) is 0 Å². The predicted octanol–water partition coefficient (Wildman–Crippen LogP) is 3.68. The Labute approximate surface area is 114 Å². The second-order valence-corrected chi connectivity index (χ2v) is 4.84. The third-order valence-corrected chi connectivity index (χ3v) is 3.62. The predicted molar refractivity (Wildman–Crippen MR) is 81.9 cm³/mol. The normalized spacial score (nSPS) is 11.2. The Bertz CT molecular complexity index is 965. The van der Waals surface area contributed by atoms with Gasteiger partial charge in [0.05, 0.1) is 5.52 Å². The topological polar surface area (TPSA) is 48.6 Å². The fraction of sp³-hybridized carbons (Fsp3) is 0. The summed E-state index contributed by atoms with van der Waals surface area (Å²) >= 11 is 0. The first-order valence-corrected chi connectivity index (χ1v) is 6.51. The second kappa shape index (κ2) is 4.10. The molecule has 2 aromatic heterocycles. The number of benzene rings is 2. The first-order chi connectivity index (χ1) is 9.83. The van der Waals surface area contributed by atoms with Crippen LogP contribution in [0.1, 0.15) is 0 Å². The SMILES string of the molecule is O=c1cc(-c2ccccc2)[nH]c2c1ccc1[nH]ccc12. The zero-order valence-corrected chi connectivity index (χ0v) is 10.7. The fourth-order valence-electron chi connectivity index (χ4n) is 2.63. The maximum absolute atomic E-state index is 12.3. The van der Waals surface area contributed by atoms with Gasteiger partial charge in [0.25, 0.3) is 0 Å². The Morgan fingerprint density at radius 3 is 2.55 bits per heavy atom. The third-order valence-electron chi connectivity index (χ3n) is 3.62. The minimum absolute atomic E-state index is 0.0423. The van der Waals surface area contributed by atoms with Gasteiger partial charge in [-0.3, -0.25) is 4.79 Å². The van der Waals surface area contributed by atoms with E-state index in [9.17, 15) is 4.79 Å². The van der Waals surface area contributed by atoms with Crippen molar-refractivity contribution in [3.63, 3.8) is 0 Å². The number of hydrogen-bond acceptors (Lipinski definition) is 1. The molecule has 0 saturated heterocycles. The minimum Gasteiger partial charge on any atom is -0.361 e. The molecule has 0 atom stereocenters. The van der Waals surface area contributed by atoms with Crippen molar-refractivity contribution < 1.29 is 0 Å². The molecule has 96 valence electrons. The molecule has 3 nitrogen and oxygen atoms in total. The first kappa shape index (κ1) is 11.1. The summed E-state index contributed by atoms with van der Waals surface area (Å²) in [6.07, 6.45) is 1.89. The lowest BCUT2D eigenvalue weighted by Gasteiger charge is -2.05. The maximum atomic E-state index is 12.3. The van der Waals surface area contributed by atoms with Crippen LogP contribution in [0.25, 0.3) is 33.1 Å². The van der Waals surface area contributed by atoms with Gasteiger partial charge in [-0.15, -0.1) is 0 Å². The minimum atomic E-state index is 0.0423. The van der Waals surface area contributed by atoms with E-state index in [4.69, 9.17) is 0 Å². The Kier molecular flexibility index (Phi) is 2.27. The molecule has 4 aromatic rings. The van der Waals surface area contributed by atoms with Crippen LogP contribution < -0.4 is 5.43 Å². The van der Waals surface area contributed by atoms with Crippen LogP contribution in [-0.2, 0) is 0 Å². The first-order valence-electron chi connectivity index (χ1n) is 6.51. The van der Waals surface area contributed by atoms with Gasteiger partial charge >= 0.3 is 0 Å². The molecule has 0 amide bonds. The van der Waals surface area contributed by atoms with E-state index in [1.165, 1.54) is 0 Å². The van der Waals surface area contributed by atoms with Crippen molar-refractivity contribution in [3.8, 4) is 11.3 Å². The van der Waals surface area contributed by atoms with E-state index in [0.717, 1.165) is 33.1 Å². The summed E-state index contributed by atoms with van der Waals surface area (Å²) in [5, 5.41) is 1.76. The van der Waals surface area contributed by atoms with E-state index in [-0.39, 0.29) is 5.43 Å². The lowest BCUT2D eigenvalue weighted by atomic mass is 10.1. The summed E-state index contributed by atoms with van der Waals surface area (Å²) in [5.41, 5.74) is 3.81. The lowest BCUT2D eigenvalue weighted by molar-refractivity contribution is 1.39. The van der Waals surface area contributed by atoms with Crippen LogP contribution in [0.5, 0.6) is 0 Å². The molecule has 0 aliphatic carbocycles. The van der Waals surface area contributed by atoms with E-state index in [2.05, 4.69) is 9.97 Å². The lowest BCUT2D eigenvalue weighted by Crippen LogP contribution is -2.03. The van der Waals surface area contributed by atoms with Crippen LogP contribution >= 0.6 is 0 Å². The fourth-order valence-corrected chi connectivity index (χ4v) is 2.63. The van der Waals surface area contributed by atoms with E-state index in [0.29, 0.717) is 0 Å². The molecule has 2 aromatic carbocycles. The van der Waals surface area contributed by atoms with Crippen LogP contribution in [0.3, 0.4) is 0 Å². The molecule has 0 unspecified atom stereocenters. The van der Waals surface area contributed by atoms with Gasteiger partial charge in [-0.1, -0.05) is 30.3 Å². The molecule has 0 radical (unpaired) electrons. The van der Waals surface area contributed by atoms with Gasteiger partial charge in [0.2, 0.25) is 0 Å². The molecule has 0 aliphatic rings. The Balaban J connectivity index is 2.13. The highest BCUT2D eigenvalue weighted by molar-refractivity contribution is 6.04. The number of hydrogen-bond donors (Lipinski definition) is 2. The highest BCUT2D eigenvalue weighted by Gasteiger charge is 2.07. The Hall–Kier alpha value is -2.81. The smallest absolute Gasteiger partial charge is 0.190 e. The number of nitrogens with one attached hydrogen (secondary N) is 2. The van der Waals surface area contributed by atoms with Crippen molar-refractivity contribution in [2.45, 2.75) is 0 Å². The molecule has 0 bridgehead atoms. The maximum Gasteiger partial charge on any atom is 0.190 e. The number of aromatic nitrogens is 2. The van der Waals surface area contributed by atoms with Crippen LogP contribution in [0.2, 0.25) is 0 Å². The van der Waals surface area contributed by atoms with Gasteiger partial charge in [0.1, 0.15) is 0 Å². The molecule has 0 spiro atoms. The Morgan fingerprint density at radius 1 is 0.850 bits per heavy atom. The van der Waals surface area contributed by atoms with Crippen molar-refractivity contribution in [3.05, 3.63) is 71.0 Å². The van der Waals surface area contributed by atoms with Crippen LogP contribution in [0, 0.1) is 0 Å². The number of pyridine rings is 1. The van der Waals surface area contributed by atoms with Crippen LogP contribution in [0.4, 0.5) is 0 Å². The monoisotopic (exact) mass is 260 g/mol. The van der Waals surface area contributed by atoms with Gasteiger partial charge in [0.15, 0.2) is 5.43 Å². The summed E-state index contributed by atoms with van der Waals surface area (Å²) in [4.78, 5) is 18.9. The van der Waals surface area contributed by atoms with Crippen molar-refractivity contribution in [2.24, 2.45) is 0 Å². The van der Waals surface area contributed by atoms with Crippen molar-refractivity contribution >= 4 is 21.8 Å². The van der Waals surface area contributed by atoms with Gasteiger partial charge in [0, 0.05) is 34.2 Å². The van der Waals surface area contributed by atoms with Crippen molar-refractivity contribution in [2.75, 3.05) is 0 Å². The van der Waals surface area contributed by atoms with E-state index in [1.54, 1.807) is 6.07 Å². The molecule has 2 N–H and O–H groups in total. The molecular weight excluding hydrogens is 248 g/mol. The second-order valence-electron chi connectivity index (χ2n) is 4.84. The van der Waals surface area contributed by atoms with E-state index in [1.807, 2.05) is 54.7 Å². The quantitative estimate of drug-likeness (QED) is 0.539. The molecule has 2 heterocycles. The standard InChI is InChI=1S/C17H12N2O/c20-16-10-15(11-4-2-1-3-5-11)19-17-12-8-9-18-14(12)7-6-13(16)17/h1-10,18H,(H,19,20). The average molecular weight is 260 g/mol. The Morgan fingerprint density at radius 2 is 1.70 bits per heavy atom. The van der Waals surface area contributed by atoms with Crippen molar-refractivity contribution in [1.82, 2.24) is 9.97 Å². The number of H-pyrrole nitrogens is 2. The molecule has 3 heteroatoms. The number of aromatic amines is 2. The van der Waals surface area contributed by atoms with Gasteiger partial charge in [-0.05, 0) is 23.8 Å². The number of fused-ring (bicyclic) bond motifs is 3.